The van der Waals surface area contributed by atoms with Gasteiger partial charge in [0.25, 0.3) is 0 Å². The van der Waals surface area contributed by atoms with E-state index in [4.69, 9.17) is 15.4 Å². The molecule has 0 bridgehead atoms. The van der Waals surface area contributed by atoms with Crippen LogP contribution in [0.15, 0.2) is 179 Å². The quantitative estimate of drug-likeness (QED) is 0.143. The minimum Gasteiger partial charge on any atom is -0.456 e. The van der Waals surface area contributed by atoms with Crippen molar-refractivity contribution in [2.75, 3.05) is 9.80 Å². The maximum Gasteiger partial charge on any atom is 0.187 e. The van der Waals surface area contributed by atoms with Gasteiger partial charge in [-0.3, -0.25) is 0 Å². The minimum absolute atomic E-state index is 0.397. The predicted octanol–water partition coefficient (Wildman–Crippen LogP) is 17.4. The van der Waals surface area contributed by atoms with Crippen LogP contribution < -0.4 is 9.80 Å². The Bertz CT molecular complexity index is 3680. The summed E-state index contributed by atoms with van der Waals surface area (Å²) in [7, 11) is 0. The third kappa shape index (κ3) is 6.23. The molecule has 0 fully saturated rings. The molecule has 0 unspecified atom stereocenters. The number of anilines is 6. The van der Waals surface area contributed by atoms with Crippen LogP contribution in [0, 0.1) is 17.9 Å². The smallest absolute Gasteiger partial charge is 0.187 e. The zero-order valence-electron chi connectivity index (χ0n) is 35.9. The van der Waals surface area contributed by atoms with Gasteiger partial charge in [-0.1, -0.05) is 113 Å². The van der Waals surface area contributed by atoms with Gasteiger partial charge in [0.2, 0.25) is 0 Å². The Morgan fingerprint density at radius 3 is 1.41 bits per heavy atom. The van der Waals surface area contributed by atoms with Crippen LogP contribution in [0.2, 0.25) is 0 Å². The maximum atomic E-state index is 9.66. The van der Waals surface area contributed by atoms with E-state index in [9.17, 15) is 5.26 Å². The number of fused-ring (bicyclic) bond motifs is 11. The largest absolute Gasteiger partial charge is 0.456 e. The normalized spacial score (nSPS) is 11.7. The van der Waals surface area contributed by atoms with Gasteiger partial charge in [0, 0.05) is 61.8 Å². The number of nitrogens with zero attached hydrogens (tertiary/aromatic N) is 4. The average Bonchev–Trinajstić information content (AvgIpc) is 3.91. The second-order valence-corrected chi connectivity index (χ2v) is 17.1. The molecular formula is C58H42N4O2. The molecule has 2 aromatic heterocycles. The highest BCUT2D eigenvalue weighted by atomic mass is 16.3. The highest BCUT2D eigenvalue weighted by Crippen LogP contribution is 2.50. The van der Waals surface area contributed by atoms with Crippen LogP contribution in [0.4, 0.5) is 39.8 Å². The van der Waals surface area contributed by atoms with Crippen LogP contribution in [0.25, 0.3) is 70.3 Å². The lowest BCUT2D eigenvalue weighted by Gasteiger charge is -2.27. The van der Waals surface area contributed by atoms with Gasteiger partial charge in [-0.25, -0.2) is 4.85 Å². The van der Waals surface area contributed by atoms with Gasteiger partial charge in [-0.2, -0.15) is 5.26 Å². The van der Waals surface area contributed by atoms with Crippen molar-refractivity contribution in [3.05, 3.63) is 198 Å². The summed E-state index contributed by atoms with van der Waals surface area (Å²) in [6.07, 6.45) is 0. The lowest BCUT2D eigenvalue weighted by atomic mass is 9.98. The first-order valence-corrected chi connectivity index (χ1v) is 21.7. The fraction of sp³-hybridized carbons (Fsp3) is 0.103. The molecule has 0 atom stereocenters. The summed E-state index contributed by atoms with van der Waals surface area (Å²) in [6.45, 7) is 16.4. The predicted molar refractivity (Wildman–Crippen MR) is 265 cm³/mol. The van der Waals surface area contributed by atoms with Crippen molar-refractivity contribution in [1.29, 1.82) is 5.26 Å². The van der Waals surface area contributed by atoms with Crippen LogP contribution in [-0.4, -0.2) is 0 Å². The average molecular weight is 827 g/mol. The first-order chi connectivity index (χ1) is 31.3. The van der Waals surface area contributed by atoms with Crippen molar-refractivity contribution in [2.24, 2.45) is 0 Å². The molecule has 2 heterocycles. The summed E-state index contributed by atoms with van der Waals surface area (Å²) >= 11 is 0. The Hall–Kier alpha value is -8.32. The summed E-state index contributed by atoms with van der Waals surface area (Å²) in [5, 5.41) is 17.9. The first-order valence-electron chi connectivity index (χ1n) is 21.7. The molecule has 6 heteroatoms. The van der Waals surface area contributed by atoms with E-state index in [0.717, 1.165) is 99.5 Å². The van der Waals surface area contributed by atoms with E-state index >= 15 is 0 Å². The Kier molecular flexibility index (Phi) is 9.19. The second-order valence-electron chi connectivity index (χ2n) is 17.1. The monoisotopic (exact) mass is 826 g/mol. The molecule has 9 aromatic carbocycles. The summed E-state index contributed by atoms with van der Waals surface area (Å²) in [5.41, 5.74) is 12.6. The third-order valence-corrected chi connectivity index (χ3v) is 12.7. The summed E-state index contributed by atoms with van der Waals surface area (Å²) in [4.78, 5) is 8.19. The van der Waals surface area contributed by atoms with Crippen molar-refractivity contribution in [3.8, 4) is 6.07 Å². The maximum absolute atomic E-state index is 9.66. The highest BCUT2D eigenvalue weighted by Gasteiger charge is 2.25. The number of furan rings is 2. The molecule has 6 nitrogen and oxygen atoms in total. The van der Waals surface area contributed by atoms with Crippen molar-refractivity contribution in [1.82, 2.24) is 0 Å². The van der Waals surface area contributed by atoms with Crippen LogP contribution >= 0.6 is 0 Å². The van der Waals surface area contributed by atoms with Crippen LogP contribution in [-0.2, 0) is 0 Å². The van der Waals surface area contributed by atoms with Gasteiger partial charge in [0.1, 0.15) is 22.3 Å². The highest BCUT2D eigenvalue weighted by molar-refractivity contribution is 6.32. The van der Waals surface area contributed by atoms with Crippen LogP contribution in [0.5, 0.6) is 0 Å². The molecule has 64 heavy (non-hydrogen) atoms. The van der Waals surface area contributed by atoms with E-state index < -0.39 is 0 Å². The van der Waals surface area contributed by atoms with E-state index in [1.165, 1.54) is 11.1 Å². The second kappa shape index (κ2) is 15.2. The molecule has 0 aliphatic carbocycles. The Morgan fingerprint density at radius 1 is 0.469 bits per heavy atom. The Morgan fingerprint density at radius 2 is 0.922 bits per heavy atom. The van der Waals surface area contributed by atoms with Gasteiger partial charge < -0.3 is 18.6 Å². The van der Waals surface area contributed by atoms with E-state index in [2.05, 4.69) is 170 Å². The van der Waals surface area contributed by atoms with E-state index in [1.54, 1.807) is 0 Å². The Balaban J connectivity index is 1.16. The van der Waals surface area contributed by atoms with Crippen molar-refractivity contribution < 1.29 is 8.83 Å². The van der Waals surface area contributed by atoms with Crippen molar-refractivity contribution in [3.63, 3.8) is 0 Å². The van der Waals surface area contributed by atoms with Gasteiger partial charge in [-0.05, 0) is 107 Å². The van der Waals surface area contributed by atoms with Gasteiger partial charge in [0.15, 0.2) is 5.69 Å². The molecule has 0 aliphatic rings. The van der Waals surface area contributed by atoms with Crippen LogP contribution in [0.1, 0.15) is 56.2 Å². The summed E-state index contributed by atoms with van der Waals surface area (Å²) < 4.78 is 14.0. The number of rotatable bonds is 8. The minimum atomic E-state index is 0.397. The summed E-state index contributed by atoms with van der Waals surface area (Å²) in [5.74, 6) is 0.797. The SMILES string of the molecule is [C-]#[N+]c1ccc(N(c2ccc(C(C)C)cc2)c2cc3oc4c(ccc5oc6cc(N(c7ccc(C#N)cc7)c7ccc(C(C)C)cc7)c7ccccc7c6c54)c3c3ccccc23)cc1. The van der Waals surface area contributed by atoms with Gasteiger partial charge in [-0.15, -0.1) is 0 Å². The third-order valence-electron chi connectivity index (χ3n) is 12.7. The van der Waals surface area contributed by atoms with E-state index in [1.807, 2.05) is 48.5 Å². The van der Waals surface area contributed by atoms with Crippen LogP contribution in [0.3, 0.4) is 0 Å². The molecule has 0 saturated carbocycles. The molecule has 0 spiro atoms. The first kappa shape index (κ1) is 38.6. The number of hydrogen-bond donors (Lipinski definition) is 0. The molecule has 306 valence electrons. The molecule has 0 aliphatic heterocycles. The van der Waals surface area contributed by atoms with E-state index in [0.29, 0.717) is 23.1 Å². The van der Waals surface area contributed by atoms with Gasteiger partial charge in [0.05, 0.1) is 35.0 Å². The lowest BCUT2D eigenvalue weighted by molar-refractivity contribution is 0.663. The molecule has 0 saturated heterocycles. The van der Waals surface area contributed by atoms with Gasteiger partial charge >= 0.3 is 0 Å². The summed E-state index contributed by atoms with van der Waals surface area (Å²) in [6, 6.07) is 60.9. The molecule has 11 aromatic rings. The molecular weight excluding hydrogens is 785 g/mol. The van der Waals surface area contributed by atoms with Crippen molar-refractivity contribution in [2.45, 2.75) is 39.5 Å². The standard InChI is InChI=1S/C58H42N4O2/c1-35(2)38-16-24-42(25-17-38)61(41-22-14-37(34-59)15-23-41)51-33-54-56(48-13-9-7-11-46(48)51)57-52(63-54)31-30-49-55-47-12-8-6-10-45(47)50(32-53(55)64-58(49)57)62(44-28-20-40(60-5)21-29-44)43-26-18-39(19-27-43)36(3)4/h6-33,35-36H,1-4H3. The molecule has 0 N–H and O–H groups in total. The number of nitriles is 1. The zero-order chi connectivity index (χ0) is 43.6. The number of hydrogen-bond acceptors (Lipinski definition) is 5. The molecule has 0 amide bonds. The molecule has 0 radical (unpaired) electrons. The topological polar surface area (TPSA) is 60.9 Å². The van der Waals surface area contributed by atoms with E-state index in [-0.39, 0.29) is 0 Å². The zero-order valence-corrected chi connectivity index (χ0v) is 35.9. The van der Waals surface area contributed by atoms with Crippen molar-refractivity contribution >= 4 is 105 Å². The fourth-order valence-electron chi connectivity index (χ4n) is 9.38. The number of benzene rings is 9. The Labute approximate surface area is 371 Å². The lowest BCUT2D eigenvalue weighted by Crippen LogP contribution is -2.10. The molecule has 11 rings (SSSR count). The fourth-order valence-corrected chi connectivity index (χ4v) is 9.38.